The number of benzene rings is 4. The predicted octanol–water partition coefficient (Wildman–Crippen LogP) is 12.4. The molecule has 60 heavy (non-hydrogen) atoms. The summed E-state index contributed by atoms with van der Waals surface area (Å²) in [6.07, 6.45) is 5.34. The van der Waals surface area contributed by atoms with E-state index in [9.17, 15) is 26.3 Å². The van der Waals surface area contributed by atoms with Gasteiger partial charge in [0.05, 0.1) is 45.0 Å². The first kappa shape index (κ1) is 37.9. The second-order valence-electron chi connectivity index (χ2n) is 13.4. The Morgan fingerprint density at radius 1 is 0.333 bits per heavy atom. The van der Waals surface area contributed by atoms with Crippen molar-refractivity contribution in [3.8, 4) is 45.2 Å². The Bertz CT molecular complexity index is 3140. The molecule has 7 aromatic rings. The number of rotatable bonds is 3. The summed E-state index contributed by atoms with van der Waals surface area (Å²) in [4.78, 5) is 15.2. The van der Waals surface area contributed by atoms with E-state index in [-0.39, 0.29) is 56.0 Å². The van der Waals surface area contributed by atoms with Crippen LogP contribution in [0.25, 0.3) is 79.8 Å². The number of halogens is 10. The van der Waals surface area contributed by atoms with Crippen LogP contribution in [0.5, 0.6) is 0 Å². The SMILES string of the molecule is Fc1c(F)c(F)c(-c2c3nc(c(-c4ccccc4)c4ccc([nH]4)c(-c4c(F)c(F)c(F)c(F)c4F)c4nc(c(C#Cc5ccccc5)c5ccc2[nH]5)C=C4)C=C3)c(F)c1F. The standard InChI is InChI=1S/C46H20F10N4/c47-37-35(38(48)42(52)45(55)41(37)51)33-28-15-13-24(57-28)23(12-11-21-7-3-1-4-8-21)25-14-16-29(58-25)34(36-39(49)43(53)46(56)44(54)40(36)50)31-20-18-27(60-31)32(22-9-5-2-6-10-22)26-17-19-30(33)59-26/h1-10,13-20,57,60H. The van der Waals surface area contributed by atoms with Gasteiger partial charge < -0.3 is 9.97 Å². The van der Waals surface area contributed by atoms with Gasteiger partial charge in [-0.2, -0.15) is 0 Å². The monoisotopic (exact) mass is 818 g/mol. The largest absolute Gasteiger partial charge is 0.354 e. The summed E-state index contributed by atoms with van der Waals surface area (Å²) in [7, 11) is 0. The molecule has 2 N–H and O–H groups in total. The van der Waals surface area contributed by atoms with Crippen molar-refractivity contribution in [1.82, 2.24) is 19.9 Å². The van der Waals surface area contributed by atoms with Crippen LogP contribution in [0, 0.1) is 70.0 Å². The van der Waals surface area contributed by atoms with Crippen molar-refractivity contribution in [2.45, 2.75) is 0 Å². The molecular weight excluding hydrogens is 799 g/mol. The molecule has 0 atom stereocenters. The number of H-pyrrole nitrogens is 2. The summed E-state index contributed by atoms with van der Waals surface area (Å²) in [5.41, 5.74) is -2.83. The van der Waals surface area contributed by atoms with Crippen LogP contribution in [0.4, 0.5) is 43.9 Å². The van der Waals surface area contributed by atoms with Crippen LogP contribution in [-0.2, 0) is 0 Å². The highest BCUT2D eigenvalue weighted by Gasteiger charge is 2.31. The van der Waals surface area contributed by atoms with Crippen molar-refractivity contribution < 1.29 is 43.9 Å². The second kappa shape index (κ2) is 14.6. The highest BCUT2D eigenvalue weighted by molar-refractivity contribution is 5.98. The Morgan fingerprint density at radius 2 is 0.700 bits per heavy atom. The molecule has 9 rings (SSSR count). The van der Waals surface area contributed by atoms with Crippen LogP contribution in [0.3, 0.4) is 0 Å². The zero-order valence-electron chi connectivity index (χ0n) is 30.1. The van der Waals surface area contributed by atoms with Crippen molar-refractivity contribution in [2.24, 2.45) is 0 Å². The molecule has 0 amide bonds. The number of fused-ring (bicyclic) bond motifs is 8. The van der Waals surface area contributed by atoms with Crippen molar-refractivity contribution in [1.29, 1.82) is 0 Å². The summed E-state index contributed by atoms with van der Waals surface area (Å²) in [6, 6.07) is 22.3. The van der Waals surface area contributed by atoms with Gasteiger partial charge in [-0.25, -0.2) is 53.9 Å². The molecule has 2 aliphatic heterocycles. The fourth-order valence-corrected chi connectivity index (χ4v) is 7.08. The van der Waals surface area contributed by atoms with Crippen LogP contribution >= 0.6 is 0 Å². The molecule has 0 saturated heterocycles. The maximum atomic E-state index is 15.8. The van der Waals surface area contributed by atoms with E-state index in [0.29, 0.717) is 11.1 Å². The van der Waals surface area contributed by atoms with Crippen LogP contribution < -0.4 is 0 Å². The molecule has 0 radical (unpaired) electrons. The van der Waals surface area contributed by atoms with Gasteiger partial charge in [0.1, 0.15) is 0 Å². The molecule has 0 aliphatic carbocycles. The molecule has 0 fully saturated rings. The normalized spacial score (nSPS) is 11.9. The number of aromatic nitrogens is 4. The maximum Gasteiger partial charge on any atom is 0.200 e. The van der Waals surface area contributed by atoms with Gasteiger partial charge in [-0.05, 0) is 66.3 Å². The van der Waals surface area contributed by atoms with Gasteiger partial charge in [0, 0.05) is 38.8 Å². The zero-order valence-corrected chi connectivity index (χ0v) is 30.1. The fourth-order valence-electron chi connectivity index (χ4n) is 7.08. The lowest BCUT2D eigenvalue weighted by molar-refractivity contribution is 0.381. The zero-order chi connectivity index (χ0) is 42.0. The third kappa shape index (κ3) is 6.13. The first-order valence-electron chi connectivity index (χ1n) is 17.7. The van der Waals surface area contributed by atoms with Crippen molar-refractivity contribution in [2.75, 3.05) is 0 Å². The Hall–Kier alpha value is -7.66. The van der Waals surface area contributed by atoms with Crippen molar-refractivity contribution >= 4 is 46.4 Å². The predicted molar refractivity (Wildman–Crippen MR) is 207 cm³/mol. The average Bonchev–Trinajstić information content (AvgIpc) is 4.11. The Morgan fingerprint density at radius 3 is 1.20 bits per heavy atom. The van der Waals surface area contributed by atoms with Gasteiger partial charge in [-0.3, -0.25) is 0 Å². The summed E-state index contributed by atoms with van der Waals surface area (Å²) in [5.74, 6) is -16.1. The molecule has 3 aromatic heterocycles. The van der Waals surface area contributed by atoms with Crippen molar-refractivity contribution in [3.63, 3.8) is 0 Å². The molecule has 4 aromatic carbocycles. The first-order chi connectivity index (χ1) is 28.9. The van der Waals surface area contributed by atoms with Crippen LogP contribution in [-0.4, -0.2) is 19.9 Å². The fraction of sp³-hybridized carbons (Fsp3) is 0. The van der Waals surface area contributed by atoms with E-state index in [4.69, 9.17) is 0 Å². The van der Waals surface area contributed by atoms with E-state index in [1.165, 1.54) is 48.6 Å². The minimum atomic E-state index is -2.36. The van der Waals surface area contributed by atoms with Crippen LogP contribution in [0.1, 0.15) is 33.9 Å². The molecule has 8 bridgehead atoms. The van der Waals surface area contributed by atoms with E-state index in [1.807, 2.05) is 0 Å². The Kier molecular flexibility index (Phi) is 9.23. The van der Waals surface area contributed by atoms with Crippen molar-refractivity contribution in [3.05, 3.63) is 177 Å². The molecule has 0 saturated carbocycles. The maximum absolute atomic E-state index is 15.8. The van der Waals surface area contributed by atoms with Gasteiger partial charge in [0.25, 0.3) is 0 Å². The van der Waals surface area contributed by atoms with E-state index in [1.54, 1.807) is 60.7 Å². The number of nitrogens with one attached hydrogen (secondary N) is 2. The van der Waals surface area contributed by atoms with E-state index in [2.05, 4.69) is 31.8 Å². The van der Waals surface area contributed by atoms with Crippen LogP contribution in [0.15, 0.2) is 84.9 Å². The summed E-state index contributed by atoms with van der Waals surface area (Å²) in [5, 5.41) is 0. The third-order valence-corrected chi connectivity index (χ3v) is 9.84. The van der Waals surface area contributed by atoms with E-state index >= 15 is 17.6 Å². The summed E-state index contributed by atoms with van der Waals surface area (Å²) < 4.78 is 151. The number of aromatic amines is 2. The molecule has 5 heterocycles. The first-order valence-corrected chi connectivity index (χ1v) is 17.7. The lowest BCUT2D eigenvalue weighted by atomic mass is 10.0. The minimum Gasteiger partial charge on any atom is -0.354 e. The molecule has 294 valence electrons. The lowest BCUT2D eigenvalue weighted by Crippen LogP contribution is -2.05. The quantitative estimate of drug-likeness (QED) is 0.0807. The molecule has 2 aliphatic rings. The molecule has 0 unspecified atom stereocenters. The van der Waals surface area contributed by atoms with E-state index in [0.717, 1.165) is 0 Å². The van der Waals surface area contributed by atoms with Crippen LogP contribution in [0.2, 0.25) is 0 Å². The minimum absolute atomic E-state index is 0.00915. The second-order valence-corrected chi connectivity index (χ2v) is 13.4. The smallest absolute Gasteiger partial charge is 0.200 e. The van der Waals surface area contributed by atoms with Gasteiger partial charge in [0.15, 0.2) is 46.5 Å². The molecular formula is C46H20F10N4. The number of hydrogen-bond donors (Lipinski definition) is 2. The van der Waals surface area contributed by atoms with Gasteiger partial charge >= 0.3 is 0 Å². The number of nitrogens with zero attached hydrogens (tertiary/aromatic N) is 2. The van der Waals surface area contributed by atoms with Gasteiger partial charge in [-0.1, -0.05) is 60.4 Å². The summed E-state index contributed by atoms with van der Waals surface area (Å²) in [6.45, 7) is 0. The van der Waals surface area contributed by atoms with Gasteiger partial charge in [-0.15, -0.1) is 0 Å². The Labute approximate surface area is 331 Å². The molecule has 0 spiro atoms. The van der Waals surface area contributed by atoms with E-state index < -0.39 is 80.4 Å². The lowest BCUT2D eigenvalue weighted by Gasteiger charge is -2.10. The third-order valence-electron chi connectivity index (χ3n) is 9.84. The topological polar surface area (TPSA) is 57.4 Å². The van der Waals surface area contributed by atoms with Gasteiger partial charge in [0.2, 0.25) is 11.6 Å². The Balaban J connectivity index is 1.51. The summed E-state index contributed by atoms with van der Waals surface area (Å²) >= 11 is 0. The highest BCUT2D eigenvalue weighted by atomic mass is 19.2. The average molecular weight is 819 g/mol. The number of hydrogen-bond acceptors (Lipinski definition) is 2. The molecule has 14 heteroatoms. The molecule has 4 nitrogen and oxygen atoms in total. The highest BCUT2D eigenvalue weighted by Crippen LogP contribution is 2.41.